The molecule has 2 aromatic rings. The maximum Gasteiger partial charge on any atom is 0.336 e. The van der Waals surface area contributed by atoms with Crippen molar-refractivity contribution in [3.8, 4) is 16.9 Å². The number of aromatic nitrogens is 1. The average Bonchev–Trinajstić information content (AvgIpc) is 3.01. The SMILES string of the molecule is O=C(O)c1ccncc1-c1ccc(OC2CCCC2)cc1. The summed E-state index contributed by atoms with van der Waals surface area (Å²) in [6, 6.07) is 9.07. The van der Waals surface area contributed by atoms with E-state index >= 15 is 0 Å². The first-order valence-electron chi connectivity index (χ1n) is 7.18. The molecule has 1 aliphatic carbocycles. The molecule has 1 saturated carbocycles. The molecule has 0 unspecified atom stereocenters. The predicted octanol–water partition coefficient (Wildman–Crippen LogP) is 3.77. The molecular weight excluding hydrogens is 266 g/mol. The number of carboxylic acid groups (broad SMARTS) is 1. The van der Waals surface area contributed by atoms with Crippen LogP contribution >= 0.6 is 0 Å². The summed E-state index contributed by atoms with van der Waals surface area (Å²) in [5, 5.41) is 9.22. The van der Waals surface area contributed by atoms with Crippen molar-refractivity contribution in [2.45, 2.75) is 31.8 Å². The lowest BCUT2D eigenvalue weighted by Crippen LogP contribution is -2.10. The fourth-order valence-electron chi connectivity index (χ4n) is 2.72. The van der Waals surface area contributed by atoms with E-state index in [1.165, 1.54) is 25.1 Å². The molecular formula is C17H17NO3. The maximum absolute atomic E-state index is 11.2. The van der Waals surface area contributed by atoms with E-state index in [0.29, 0.717) is 11.7 Å². The number of ether oxygens (including phenoxy) is 1. The lowest BCUT2D eigenvalue weighted by Gasteiger charge is -2.13. The van der Waals surface area contributed by atoms with E-state index in [1.807, 2.05) is 24.3 Å². The summed E-state index contributed by atoms with van der Waals surface area (Å²) in [5.74, 6) is -0.106. The second-order valence-corrected chi connectivity index (χ2v) is 5.28. The highest BCUT2D eigenvalue weighted by Crippen LogP contribution is 2.28. The smallest absolute Gasteiger partial charge is 0.336 e. The molecule has 0 spiro atoms. The Morgan fingerprint density at radius 2 is 1.86 bits per heavy atom. The van der Waals surface area contributed by atoms with Gasteiger partial charge in [0.1, 0.15) is 5.75 Å². The first-order chi connectivity index (χ1) is 10.2. The molecule has 0 amide bonds. The number of benzene rings is 1. The molecule has 0 atom stereocenters. The zero-order valence-corrected chi connectivity index (χ0v) is 11.7. The van der Waals surface area contributed by atoms with Gasteiger partial charge in [-0.15, -0.1) is 0 Å². The van der Waals surface area contributed by atoms with E-state index in [0.717, 1.165) is 24.2 Å². The van der Waals surface area contributed by atoms with Crippen LogP contribution in [0.15, 0.2) is 42.7 Å². The number of aromatic carboxylic acids is 1. The fraction of sp³-hybridized carbons (Fsp3) is 0.294. The molecule has 0 saturated heterocycles. The molecule has 108 valence electrons. The highest BCUT2D eigenvalue weighted by molar-refractivity contribution is 5.95. The van der Waals surface area contributed by atoms with Gasteiger partial charge in [0.2, 0.25) is 0 Å². The van der Waals surface area contributed by atoms with Crippen molar-refractivity contribution < 1.29 is 14.6 Å². The number of carboxylic acids is 1. The van der Waals surface area contributed by atoms with E-state index in [1.54, 1.807) is 6.20 Å². The molecule has 1 fully saturated rings. The van der Waals surface area contributed by atoms with Gasteiger partial charge in [0.05, 0.1) is 11.7 Å². The number of carbonyl (C=O) groups is 1. The lowest BCUT2D eigenvalue weighted by molar-refractivity contribution is 0.0697. The summed E-state index contributed by atoms with van der Waals surface area (Å²) in [7, 11) is 0. The summed E-state index contributed by atoms with van der Waals surface area (Å²) in [6.07, 6.45) is 8.10. The first-order valence-corrected chi connectivity index (χ1v) is 7.18. The van der Waals surface area contributed by atoms with Crippen LogP contribution in [0.4, 0.5) is 0 Å². The van der Waals surface area contributed by atoms with Crippen LogP contribution in [-0.4, -0.2) is 22.2 Å². The third-order valence-corrected chi connectivity index (χ3v) is 3.82. The molecule has 1 aromatic heterocycles. The highest BCUT2D eigenvalue weighted by Gasteiger charge is 2.16. The van der Waals surface area contributed by atoms with Crippen LogP contribution in [0.3, 0.4) is 0 Å². The quantitative estimate of drug-likeness (QED) is 0.928. The molecule has 0 radical (unpaired) electrons. The minimum absolute atomic E-state index is 0.259. The molecule has 1 N–H and O–H groups in total. The van der Waals surface area contributed by atoms with Gasteiger partial charge in [0.25, 0.3) is 0 Å². The molecule has 0 aliphatic heterocycles. The number of hydrogen-bond donors (Lipinski definition) is 1. The van der Waals surface area contributed by atoms with Crippen LogP contribution in [0.2, 0.25) is 0 Å². The van der Waals surface area contributed by atoms with Crippen LogP contribution in [0, 0.1) is 0 Å². The molecule has 1 aliphatic rings. The summed E-state index contributed by atoms with van der Waals surface area (Å²) in [6.45, 7) is 0. The van der Waals surface area contributed by atoms with Crippen molar-refractivity contribution in [2.75, 3.05) is 0 Å². The maximum atomic E-state index is 11.2. The van der Waals surface area contributed by atoms with Crippen molar-refractivity contribution in [1.29, 1.82) is 0 Å². The van der Waals surface area contributed by atoms with Gasteiger partial charge in [-0.3, -0.25) is 4.98 Å². The summed E-state index contributed by atoms with van der Waals surface area (Å²) in [4.78, 5) is 15.3. The van der Waals surface area contributed by atoms with Gasteiger partial charge in [0, 0.05) is 18.0 Å². The third kappa shape index (κ3) is 3.05. The van der Waals surface area contributed by atoms with E-state index in [9.17, 15) is 9.90 Å². The summed E-state index contributed by atoms with van der Waals surface area (Å²) in [5.41, 5.74) is 1.71. The van der Waals surface area contributed by atoms with Crippen molar-refractivity contribution in [2.24, 2.45) is 0 Å². The van der Waals surface area contributed by atoms with Gasteiger partial charge in [-0.25, -0.2) is 4.79 Å². The van der Waals surface area contributed by atoms with Crippen molar-refractivity contribution in [1.82, 2.24) is 4.98 Å². The molecule has 4 nitrogen and oxygen atoms in total. The van der Waals surface area contributed by atoms with Crippen molar-refractivity contribution in [3.63, 3.8) is 0 Å². The van der Waals surface area contributed by atoms with Crippen LogP contribution in [0.1, 0.15) is 36.0 Å². The van der Waals surface area contributed by atoms with Gasteiger partial charge < -0.3 is 9.84 Å². The molecule has 4 heteroatoms. The largest absolute Gasteiger partial charge is 0.490 e. The topological polar surface area (TPSA) is 59.4 Å². The number of nitrogens with zero attached hydrogens (tertiary/aromatic N) is 1. The molecule has 1 heterocycles. The van der Waals surface area contributed by atoms with Gasteiger partial charge in [-0.2, -0.15) is 0 Å². The zero-order chi connectivity index (χ0) is 14.7. The Kier molecular flexibility index (Phi) is 3.86. The van der Waals surface area contributed by atoms with Crippen molar-refractivity contribution >= 4 is 5.97 Å². The Balaban J connectivity index is 1.82. The molecule has 3 rings (SSSR count). The summed E-state index contributed by atoms with van der Waals surface area (Å²) < 4.78 is 5.91. The Hall–Kier alpha value is -2.36. The van der Waals surface area contributed by atoms with Crippen LogP contribution in [0.25, 0.3) is 11.1 Å². The second kappa shape index (κ2) is 5.95. The number of rotatable bonds is 4. The van der Waals surface area contributed by atoms with E-state index < -0.39 is 5.97 Å². The molecule has 21 heavy (non-hydrogen) atoms. The second-order valence-electron chi connectivity index (χ2n) is 5.28. The lowest BCUT2D eigenvalue weighted by atomic mass is 10.0. The highest BCUT2D eigenvalue weighted by atomic mass is 16.5. The Labute approximate surface area is 123 Å². The van der Waals surface area contributed by atoms with Gasteiger partial charge in [0.15, 0.2) is 0 Å². The fourth-order valence-corrected chi connectivity index (χ4v) is 2.72. The van der Waals surface area contributed by atoms with Crippen LogP contribution in [-0.2, 0) is 0 Å². The number of hydrogen-bond acceptors (Lipinski definition) is 3. The van der Waals surface area contributed by atoms with Crippen LogP contribution < -0.4 is 4.74 Å². The van der Waals surface area contributed by atoms with Gasteiger partial charge in [-0.1, -0.05) is 12.1 Å². The third-order valence-electron chi connectivity index (χ3n) is 3.82. The Morgan fingerprint density at radius 3 is 2.52 bits per heavy atom. The minimum atomic E-state index is -0.946. The Bertz CT molecular complexity index is 631. The van der Waals surface area contributed by atoms with E-state index in [-0.39, 0.29) is 5.56 Å². The Morgan fingerprint density at radius 1 is 1.14 bits per heavy atom. The molecule has 0 bridgehead atoms. The first kappa shape index (κ1) is 13.6. The zero-order valence-electron chi connectivity index (χ0n) is 11.7. The standard InChI is InChI=1S/C17H17NO3/c19-17(20)15-9-10-18-11-16(15)12-5-7-14(8-6-12)21-13-3-1-2-4-13/h5-11,13H,1-4H2,(H,19,20). The van der Waals surface area contributed by atoms with Gasteiger partial charge >= 0.3 is 5.97 Å². The number of pyridine rings is 1. The van der Waals surface area contributed by atoms with Gasteiger partial charge in [-0.05, 0) is 49.4 Å². The summed E-state index contributed by atoms with van der Waals surface area (Å²) >= 11 is 0. The minimum Gasteiger partial charge on any atom is -0.490 e. The normalized spacial score (nSPS) is 15.0. The van der Waals surface area contributed by atoms with E-state index in [2.05, 4.69) is 4.98 Å². The predicted molar refractivity (Wildman–Crippen MR) is 79.5 cm³/mol. The van der Waals surface area contributed by atoms with Crippen molar-refractivity contribution in [3.05, 3.63) is 48.3 Å². The van der Waals surface area contributed by atoms with Crippen LogP contribution in [0.5, 0.6) is 5.75 Å². The average molecular weight is 283 g/mol. The monoisotopic (exact) mass is 283 g/mol. The molecule has 1 aromatic carbocycles. The van der Waals surface area contributed by atoms with E-state index in [4.69, 9.17) is 4.74 Å².